The van der Waals surface area contributed by atoms with Crippen molar-refractivity contribution in [1.29, 1.82) is 0 Å². The number of aromatic nitrogens is 5. The second-order valence-corrected chi connectivity index (χ2v) is 7.63. The van der Waals surface area contributed by atoms with Crippen LogP contribution in [0.1, 0.15) is 24.3 Å². The van der Waals surface area contributed by atoms with Gasteiger partial charge in [0.25, 0.3) is 0 Å². The Labute approximate surface area is 190 Å². The minimum atomic E-state index is -0.0255. The maximum atomic E-state index is 12.2. The van der Waals surface area contributed by atoms with Crippen LogP contribution in [0.3, 0.4) is 0 Å². The van der Waals surface area contributed by atoms with Gasteiger partial charge in [-0.3, -0.25) is 9.36 Å². The molecule has 0 aliphatic carbocycles. The Morgan fingerprint density at radius 3 is 2.64 bits per heavy atom. The van der Waals surface area contributed by atoms with Gasteiger partial charge in [-0.1, -0.05) is 36.4 Å². The molecule has 0 unspecified atom stereocenters. The number of hydrogen-bond donors (Lipinski definition) is 1. The maximum Gasteiger partial charge on any atom is 0.247 e. The van der Waals surface area contributed by atoms with E-state index >= 15 is 0 Å². The summed E-state index contributed by atoms with van der Waals surface area (Å²) in [6.45, 7) is 0.426. The highest BCUT2D eigenvalue weighted by Crippen LogP contribution is 2.18. The number of para-hydroxylation sites is 2. The third kappa shape index (κ3) is 4.79. The van der Waals surface area contributed by atoms with Crippen molar-refractivity contribution in [3.05, 3.63) is 90.7 Å². The third-order valence-corrected chi connectivity index (χ3v) is 5.28. The summed E-state index contributed by atoms with van der Waals surface area (Å²) >= 11 is 0. The van der Waals surface area contributed by atoms with Crippen LogP contribution in [0.5, 0.6) is 0 Å². The molecule has 0 saturated heterocycles. The second-order valence-electron chi connectivity index (χ2n) is 7.63. The first-order valence-electron chi connectivity index (χ1n) is 10.8. The fourth-order valence-electron chi connectivity index (χ4n) is 3.55. The highest BCUT2D eigenvalue weighted by atomic mass is 16.4. The number of carbonyl (C=O) groups is 1. The van der Waals surface area contributed by atoms with Crippen molar-refractivity contribution in [3.8, 4) is 17.3 Å². The fraction of sp³-hybridized carbons (Fsp3) is 0.160. The molecule has 0 radical (unpaired) electrons. The van der Waals surface area contributed by atoms with Crippen LogP contribution in [0.2, 0.25) is 0 Å². The average Bonchev–Trinajstić information content (AvgIpc) is 3.51. The minimum absolute atomic E-state index is 0.0255. The van der Waals surface area contributed by atoms with Crippen molar-refractivity contribution >= 4 is 16.9 Å². The predicted octanol–water partition coefficient (Wildman–Crippen LogP) is 4.11. The molecular formula is C25H22N6O2. The molecule has 0 atom stereocenters. The molecule has 0 aliphatic rings. The Hall–Kier alpha value is -4.33. The molecule has 3 heterocycles. The van der Waals surface area contributed by atoms with Crippen molar-refractivity contribution in [2.24, 2.45) is 0 Å². The van der Waals surface area contributed by atoms with Gasteiger partial charge in [0.2, 0.25) is 17.7 Å². The smallest absolute Gasteiger partial charge is 0.247 e. The minimum Gasteiger partial charge on any atom is -0.421 e. The van der Waals surface area contributed by atoms with Crippen LogP contribution in [0.4, 0.5) is 0 Å². The van der Waals surface area contributed by atoms with E-state index in [0.29, 0.717) is 37.6 Å². The molecule has 0 bridgehead atoms. The number of hydrogen-bond acceptors (Lipinski definition) is 6. The van der Waals surface area contributed by atoms with Gasteiger partial charge in [0.1, 0.15) is 12.1 Å². The largest absolute Gasteiger partial charge is 0.421 e. The molecule has 2 aromatic carbocycles. The average molecular weight is 438 g/mol. The molecule has 0 fully saturated rings. The van der Waals surface area contributed by atoms with Crippen molar-refractivity contribution < 1.29 is 9.21 Å². The van der Waals surface area contributed by atoms with Crippen molar-refractivity contribution in [1.82, 2.24) is 30.0 Å². The molecule has 8 heteroatoms. The van der Waals surface area contributed by atoms with Crippen LogP contribution >= 0.6 is 0 Å². The summed E-state index contributed by atoms with van der Waals surface area (Å²) in [5.41, 5.74) is 3.74. The molecule has 0 saturated carbocycles. The first-order valence-corrected chi connectivity index (χ1v) is 10.8. The van der Waals surface area contributed by atoms with Crippen LogP contribution in [0.25, 0.3) is 28.3 Å². The SMILES string of the molecule is O=C(CCCc1nnc(-c2ccccc2)o1)NCc1ccc(-n2cnc3ccccc32)nc1. The fourth-order valence-corrected chi connectivity index (χ4v) is 3.55. The van der Waals surface area contributed by atoms with E-state index in [1.54, 1.807) is 12.5 Å². The molecule has 33 heavy (non-hydrogen) atoms. The monoisotopic (exact) mass is 438 g/mol. The van der Waals surface area contributed by atoms with Crippen LogP contribution in [-0.2, 0) is 17.8 Å². The molecule has 8 nitrogen and oxygen atoms in total. The molecule has 1 N–H and O–H groups in total. The Bertz CT molecular complexity index is 1360. The van der Waals surface area contributed by atoms with E-state index in [-0.39, 0.29) is 5.91 Å². The third-order valence-electron chi connectivity index (χ3n) is 5.28. The summed E-state index contributed by atoms with van der Waals surface area (Å²) < 4.78 is 7.62. The summed E-state index contributed by atoms with van der Waals surface area (Å²) in [7, 11) is 0. The van der Waals surface area contributed by atoms with E-state index in [1.165, 1.54) is 0 Å². The first-order chi connectivity index (χ1) is 16.3. The van der Waals surface area contributed by atoms with Crippen molar-refractivity contribution in [2.45, 2.75) is 25.8 Å². The normalized spacial score (nSPS) is 11.0. The van der Waals surface area contributed by atoms with Gasteiger partial charge in [-0.05, 0) is 42.3 Å². The Morgan fingerprint density at radius 2 is 1.79 bits per heavy atom. The van der Waals surface area contributed by atoms with E-state index in [9.17, 15) is 4.79 Å². The Balaban J connectivity index is 1.09. The predicted molar refractivity (Wildman–Crippen MR) is 123 cm³/mol. The van der Waals surface area contributed by atoms with E-state index in [4.69, 9.17) is 4.42 Å². The molecule has 0 aliphatic heterocycles. The number of pyridine rings is 1. The van der Waals surface area contributed by atoms with Gasteiger partial charge in [-0.15, -0.1) is 10.2 Å². The topological polar surface area (TPSA) is 98.7 Å². The number of benzene rings is 2. The van der Waals surface area contributed by atoms with Gasteiger partial charge < -0.3 is 9.73 Å². The van der Waals surface area contributed by atoms with E-state index in [1.807, 2.05) is 71.3 Å². The van der Waals surface area contributed by atoms with Gasteiger partial charge in [-0.25, -0.2) is 9.97 Å². The number of nitrogens with one attached hydrogen (secondary N) is 1. The zero-order chi connectivity index (χ0) is 22.5. The quantitative estimate of drug-likeness (QED) is 0.391. The molecule has 5 rings (SSSR count). The van der Waals surface area contributed by atoms with Crippen molar-refractivity contribution in [2.75, 3.05) is 0 Å². The standard InChI is InChI=1S/C25H22N6O2/c32-23(11-6-12-24-29-30-25(33-24)19-7-2-1-3-8-19)27-16-18-13-14-22(26-15-18)31-17-28-20-9-4-5-10-21(20)31/h1-5,7-10,13-15,17H,6,11-12,16H2,(H,27,32). The van der Waals surface area contributed by atoms with Crippen molar-refractivity contribution in [3.63, 3.8) is 0 Å². The van der Waals surface area contributed by atoms with E-state index < -0.39 is 0 Å². The van der Waals surface area contributed by atoms with Crippen LogP contribution in [0.15, 0.2) is 83.7 Å². The van der Waals surface area contributed by atoms with E-state index in [2.05, 4.69) is 25.5 Å². The number of rotatable bonds is 8. The molecule has 1 amide bonds. The Kier molecular flexibility index (Phi) is 5.88. The second kappa shape index (κ2) is 9.44. The maximum absolute atomic E-state index is 12.2. The van der Waals surface area contributed by atoms with Crippen LogP contribution < -0.4 is 5.32 Å². The van der Waals surface area contributed by atoms with Gasteiger partial charge in [-0.2, -0.15) is 0 Å². The molecule has 5 aromatic rings. The van der Waals surface area contributed by atoms with Gasteiger partial charge in [0.15, 0.2) is 0 Å². The first kappa shape index (κ1) is 20.6. The summed E-state index contributed by atoms with van der Waals surface area (Å²) in [6.07, 6.45) is 5.11. The molecular weight excluding hydrogens is 416 g/mol. The highest BCUT2D eigenvalue weighted by Gasteiger charge is 2.10. The lowest BCUT2D eigenvalue weighted by molar-refractivity contribution is -0.121. The number of amides is 1. The highest BCUT2D eigenvalue weighted by molar-refractivity contribution is 5.77. The summed E-state index contributed by atoms with van der Waals surface area (Å²) in [6, 6.07) is 21.4. The number of carbonyl (C=O) groups excluding carboxylic acids is 1. The number of imidazole rings is 1. The molecule has 0 spiro atoms. The van der Waals surface area contributed by atoms with Crippen LogP contribution in [0, 0.1) is 0 Å². The number of aryl methyl sites for hydroxylation is 1. The summed E-state index contributed by atoms with van der Waals surface area (Å²) in [5.74, 6) is 1.79. The Morgan fingerprint density at radius 1 is 0.939 bits per heavy atom. The lowest BCUT2D eigenvalue weighted by Crippen LogP contribution is -2.22. The number of nitrogens with zero attached hydrogens (tertiary/aromatic N) is 5. The molecule has 164 valence electrons. The number of fused-ring (bicyclic) bond motifs is 1. The molecule has 3 aromatic heterocycles. The van der Waals surface area contributed by atoms with Crippen LogP contribution in [-0.4, -0.2) is 30.6 Å². The van der Waals surface area contributed by atoms with Gasteiger partial charge >= 0.3 is 0 Å². The van der Waals surface area contributed by atoms with E-state index in [0.717, 1.165) is 28.0 Å². The zero-order valence-electron chi connectivity index (χ0n) is 17.9. The zero-order valence-corrected chi connectivity index (χ0v) is 17.9. The van der Waals surface area contributed by atoms with Gasteiger partial charge in [0, 0.05) is 31.1 Å². The van der Waals surface area contributed by atoms with Gasteiger partial charge in [0.05, 0.1) is 11.0 Å². The lowest BCUT2D eigenvalue weighted by Gasteiger charge is -2.07. The summed E-state index contributed by atoms with van der Waals surface area (Å²) in [5, 5.41) is 11.1. The lowest BCUT2D eigenvalue weighted by atomic mass is 10.2. The summed E-state index contributed by atoms with van der Waals surface area (Å²) in [4.78, 5) is 21.1.